The fraction of sp³-hybridized carbons (Fsp3) is 0.400. The van der Waals surface area contributed by atoms with E-state index in [1.807, 2.05) is 12.1 Å². The van der Waals surface area contributed by atoms with Gasteiger partial charge in [-0.05, 0) is 44.0 Å². The predicted molar refractivity (Wildman–Crippen MR) is 77.7 cm³/mol. The Morgan fingerprint density at radius 1 is 1.38 bits per heavy atom. The van der Waals surface area contributed by atoms with Crippen LogP contribution in [0.25, 0.3) is 11.4 Å². The Kier molecular flexibility index (Phi) is 4.25. The molecule has 1 amide bonds. The second-order valence-corrected chi connectivity index (χ2v) is 5.25. The SMILES string of the molecule is O=C(NCC1CCCNC1)c1ccc(-c2ncon2)cc1. The number of hydrogen-bond donors (Lipinski definition) is 2. The fourth-order valence-electron chi connectivity index (χ4n) is 2.51. The molecule has 0 aliphatic carbocycles. The Morgan fingerprint density at radius 2 is 2.24 bits per heavy atom. The molecule has 2 aromatic rings. The highest BCUT2D eigenvalue weighted by atomic mass is 16.5. The molecule has 21 heavy (non-hydrogen) atoms. The summed E-state index contributed by atoms with van der Waals surface area (Å²) < 4.78 is 4.71. The van der Waals surface area contributed by atoms with Crippen LogP contribution in [-0.4, -0.2) is 35.7 Å². The van der Waals surface area contributed by atoms with E-state index in [0.717, 1.165) is 25.2 Å². The summed E-state index contributed by atoms with van der Waals surface area (Å²) in [5, 5.41) is 10.1. The number of amides is 1. The molecule has 2 N–H and O–H groups in total. The number of carbonyl (C=O) groups excluding carboxylic acids is 1. The average Bonchev–Trinajstić information content (AvgIpc) is 3.08. The molecule has 0 saturated carbocycles. The van der Waals surface area contributed by atoms with E-state index in [1.165, 1.54) is 19.2 Å². The number of nitrogens with zero attached hydrogens (tertiary/aromatic N) is 2. The van der Waals surface area contributed by atoms with Gasteiger partial charge in [0, 0.05) is 17.7 Å². The number of rotatable bonds is 4. The first-order valence-corrected chi connectivity index (χ1v) is 7.18. The topological polar surface area (TPSA) is 80.0 Å². The van der Waals surface area contributed by atoms with Crippen molar-refractivity contribution in [2.75, 3.05) is 19.6 Å². The number of piperidine rings is 1. The monoisotopic (exact) mass is 286 g/mol. The second kappa shape index (κ2) is 6.49. The summed E-state index contributed by atoms with van der Waals surface area (Å²) >= 11 is 0. The first-order chi connectivity index (χ1) is 10.3. The van der Waals surface area contributed by atoms with Gasteiger partial charge in [-0.15, -0.1) is 0 Å². The molecule has 0 spiro atoms. The van der Waals surface area contributed by atoms with Crippen LogP contribution in [0.4, 0.5) is 0 Å². The molecular formula is C15H18N4O2. The third kappa shape index (κ3) is 3.46. The summed E-state index contributed by atoms with van der Waals surface area (Å²) in [6.45, 7) is 2.79. The molecule has 0 bridgehead atoms. The summed E-state index contributed by atoms with van der Waals surface area (Å²) in [6, 6.07) is 7.20. The van der Waals surface area contributed by atoms with E-state index in [0.29, 0.717) is 17.3 Å². The molecule has 0 radical (unpaired) electrons. The number of carbonyl (C=O) groups is 1. The van der Waals surface area contributed by atoms with Gasteiger partial charge in [0.15, 0.2) is 0 Å². The Labute approximate surface area is 122 Å². The van der Waals surface area contributed by atoms with Crippen molar-refractivity contribution >= 4 is 5.91 Å². The van der Waals surface area contributed by atoms with Gasteiger partial charge < -0.3 is 15.2 Å². The van der Waals surface area contributed by atoms with Gasteiger partial charge in [0.2, 0.25) is 12.2 Å². The highest BCUT2D eigenvalue weighted by molar-refractivity contribution is 5.94. The van der Waals surface area contributed by atoms with E-state index in [-0.39, 0.29) is 5.91 Å². The summed E-state index contributed by atoms with van der Waals surface area (Å²) in [5.41, 5.74) is 1.47. The smallest absolute Gasteiger partial charge is 0.251 e. The lowest BCUT2D eigenvalue weighted by Gasteiger charge is -2.22. The summed E-state index contributed by atoms with van der Waals surface area (Å²) in [5.74, 6) is 1.01. The fourth-order valence-corrected chi connectivity index (χ4v) is 2.51. The van der Waals surface area contributed by atoms with Crippen molar-refractivity contribution in [3.05, 3.63) is 36.2 Å². The van der Waals surface area contributed by atoms with E-state index in [2.05, 4.69) is 20.8 Å². The molecule has 1 atom stereocenters. The van der Waals surface area contributed by atoms with Crippen LogP contribution >= 0.6 is 0 Å². The van der Waals surface area contributed by atoms with Crippen LogP contribution in [0.2, 0.25) is 0 Å². The van der Waals surface area contributed by atoms with Gasteiger partial charge in [-0.1, -0.05) is 17.3 Å². The normalized spacial score (nSPS) is 18.4. The Balaban J connectivity index is 1.57. The molecule has 1 aromatic heterocycles. The van der Waals surface area contributed by atoms with Crippen molar-refractivity contribution in [1.82, 2.24) is 20.8 Å². The molecule has 1 aliphatic heterocycles. The largest absolute Gasteiger partial charge is 0.352 e. The third-order valence-corrected chi connectivity index (χ3v) is 3.72. The molecule has 1 fully saturated rings. The third-order valence-electron chi connectivity index (χ3n) is 3.72. The molecule has 6 nitrogen and oxygen atoms in total. The van der Waals surface area contributed by atoms with Gasteiger partial charge in [0.05, 0.1) is 0 Å². The molecule has 6 heteroatoms. The first kappa shape index (κ1) is 13.8. The molecule has 110 valence electrons. The molecule has 2 heterocycles. The van der Waals surface area contributed by atoms with Gasteiger partial charge in [-0.3, -0.25) is 4.79 Å². The van der Waals surface area contributed by atoms with Gasteiger partial charge in [-0.25, -0.2) is 0 Å². The van der Waals surface area contributed by atoms with Crippen molar-refractivity contribution in [3.8, 4) is 11.4 Å². The van der Waals surface area contributed by atoms with Crippen LogP contribution in [-0.2, 0) is 0 Å². The molecule has 1 saturated heterocycles. The van der Waals surface area contributed by atoms with E-state index in [9.17, 15) is 4.79 Å². The zero-order valence-electron chi connectivity index (χ0n) is 11.7. The zero-order valence-corrected chi connectivity index (χ0v) is 11.7. The van der Waals surface area contributed by atoms with Crippen molar-refractivity contribution in [2.24, 2.45) is 5.92 Å². The summed E-state index contributed by atoms with van der Waals surface area (Å²) in [4.78, 5) is 16.1. The van der Waals surface area contributed by atoms with E-state index in [4.69, 9.17) is 4.52 Å². The maximum absolute atomic E-state index is 12.1. The average molecular weight is 286 g/mol. The highest BCUT2D eigenvalue weighted by Gasteiger charge is 2.14. The van der Waals surface area contributed by atoms with E-state index in [1.54, 1.807) is 12.1 Å². The predicted octanol–water partition coefficient (Wildman–Crippen LogP) is 1.47. The minimum atomic E-state index is -0.0414. The lowest BCUT2D eigenvalue weighted by Crippen LogP contribution is -2.38. The Bertz CT molecular complexity index is 574. The highest BCUT2D eigenvalue weighted by Crippen LogP contribution is 2.15. The quantitative estimate of drug-likeness (QED) is 0.889. The molecule has 1 aliphatic rings. The number of aromatic nitrogens is 2. The molecular weight excluding hydrogens is 268 g/mol. The minimum Gasteiger partial charge on any atom is -0.352 e. The van der Waals surface area contributed by atoms with Crippen LogP contribution in [0, 0.1) is 5.92 Å². The molecule has 3 rings (SSSR count). The zero-order chi connectivity index (χ0) is 14.5. The first-order valence-electron chi connectivity index (χ1n) is 7.18. The Morgan fingerprint density at radius 3 is 2.90 bits per heavy atom. The number of nitrogens with one attached hydrogen (secondary N) is 2. The number of benzene rings is 1. The van der Waals surface area contributed by atoms with Crippen molar-refractivity contribution < 1.29 is 9.32 Å². The van der Waals surface area contributed by atoms with Crippen molar-refractivity contribution in [2.45, 2.75) is 12.8 Å². The van der Waals surface area contributed by atoms with Crippen molar-refractivity contribution in [1.29, 1.82) is 0 Å². The van der Waals surface area contributed by atoms with Crippen LogP contribution < -0.4 is 10.6 Å². The maximum Gasteiger partial charge on any atom is 0.251 e. The lowest BCUT2D eigenvalue weighted by atomic mass is 9.99. The standard InChI is InChI=1S/C15H18N4O2/c20-15(17-9-11-2-1-7-16-8-11)13-5-3-12(4-6-13)14-18-10-21-19-14/h3-6,10-11,16H,1-2,7-9H2,(H,17,20). The summed E-state index contributed by atoms with van der Waals surface area (Å²) in [7, 11) is 0. The van der Waals surface area contributed by atoms with Crippen LogP contribution in [0.5, 0.6) is 0 Å². The van der Waals surface area contributed by atoms with Gasteiger partial charge in [0.1, 0.15) is 0 Å². The molecule has 1 aromatic carbocycles. The number of hydrogen-bond acceptors (Lipinski definition) is 5. The summed E-state index contributed by atoms with van der Waals surface area (Å²) in [6.07, 6.45) is 3.64. The van der Waals surface area contributed by atoms with Gasteiger partial charge in [0.25, 0.3) is 5.91 Å². The van der Waals surface area contributed by atoms with Crippen molar-refractivity contribution in [3.63, 3.8) is 0 Å². The van der Waals surface area contributed by atoms with Gasteiger partial charge in [-0.2, -0.15) is 4.98 Å². The van der Waals surface area contributed by atoms with Crippen LogP contribution in [0.1, 0.15) is 23.2 Å². The van der Waals surface area contributed by atoms with Crippen LogP contribution in [0.15, 0.2) is 35.2 Å². The van der Waals surface area contributed by atoms with E-state index >= 15 is 0 Å². The minimum absolute atomic E-state index is 0.0414. The van der Waals surface area contributed by atoms with Crippen LogP contribution in [0.3, 0.4) is 0 Å². The maximum atomic E-state index is 12.1. The van der Waals surface area contributed by atoms with Gasteiger partial charge >= 0.3 is 0 Å². The lowest BCUT2D eigenvalue weighted by molar-refractivity contribution is 0.0945. The second-order valence-electron chi connectivity index (χ2n) is 5.25. The van der Waals surface area contributed by atoms with E-state index < -0.39 is 0 Å². The Hall–Kier alpha value is -2.21. The molecule has 1 unspecified atom stereocenters.